The lowest BCUT2D eigenvalue weighted by Gasteiger charge is -2.39. The Labute approximate surface area is 178 Å². The molecule has 3 aromatic rings. The molecule has 3 aromatic carbocycles. The van der Waals surface area contributed by atoms with Crippen molar-refractivity contribution in [2.45, 2.75) is 44.1 Å². The van der Waals surface area contributed by atoms with Gasteiger partial charge < -0.3 is 14.6 Å². The third kappa shape index (κ3) is 5.02. The van der Waals surface area contributed by atoms with E-state index in [1.165, 1.54) is 5.56 Å². The van der Waals surface area contributed by atoms with Crippen LogP contribution < -0.4 is 9.47 Å². The zero-order chi connectivity index (χ0) is 20.8. The van der Waals surface area contributed by atoms with Crippen LogP contribution in [0.25, 0.3) is 0 Å². The maximum absolute atomic E-state index is 11.1. The predicted molar refractivity (Wildman–Crippen MR) is 119 cm³/mol. The first kappa shape index (κ1) is 20.5. The van der Waals surface area contributed by atoms with E-state index in [1.807, 2.05) is 60.7 Å². The second kappa shape index (κ2) is 9.79. The predicted octanol–water partition coefficient (Wildman–Crippen LogP) is 5.27. The zero-order valence-electron chi connectivity index (χ0n) is 17.4. The van der Waals surface area contributed by atoms with Gasteiger partial charge in [-0.2, -0.15) is 0 Å². The summed E-state index contributed by atoms with van der Waals surface area (Å²) in [5, 5.41) is 11.1. The molecule has 0 unspecified atom stereocenters. The van der Waals surface area contributed by atoms with Gasteiger partial charge in [0.1, 0.15) is 18.0 Å². The number of hydrogen-bond acceptors (Lipinski definition) is 4. The van der Waals surface area contributed by atoms with E-state index < -0.39 is 6.10 Å². The molecular weight excluding hydrogens is 374 g/mol. The summed E-state index contributed by atoms with van der Waals surface area (Å²) in [6.45, 7) is 0.809. The van der Waals surface area contributed by atoms with Crippen molar-refractivity contribution in [2.24, 2.45) is 0 Å². The van der Waals surface area contributed by atoms with E-state index in [1.54, 1.807) is 0 Å². The number of nitrogens with zero attached hydrogens (tertiary/aromatic N) is 1. The Morgan fingerprint density at radius 3 is 2.20 bits per heavy atom. The normalized spacial score (nSPS) is 21.4. The Morgan fingerprint density at radius 2 is 1.47 bits per heavy atom. The van der Waals surface area contributed by atoms with E-state index in [0.29, 0.717) is 11.5 Å². The summed E-state index contributed by atoms with van der Waals surface area (Å²) in [7, 11) is 2.08. The molecule has 0 aromatic heterocycles. The smallest absolute Gasteiger partial charge is 0.169 e. The van der Waals surface area contributed by atoms with Gasteiger partial charge in [0.25, 0.3) is 0 Å². The van der Waals surface area contributed by atoms with E-state index in [9.17, 15) is 5.11 Å². The minimum absolute atomic E-state index is 0.0613. The Kier molecular flexibility index (Phi) is 6.67. The van der Waals surface area contributed by atoms with Gasteiger partial charge in [-0.3, -0.25) is 4.90 Å². The lowest BCUT2D eigenvalue weighted by molar-refractivity contribution is -0.0496. The number of likely N-dealkylation sites (N-methyl/N-ethyl adjacent to an activating group) is 1. The molecule has 4 nitrogen and oxygen atoms in total. The summed E-state index contributed by atoms with van der Waals surface area (Å²) in [5.41, 5.74) is 1.25. The van der Waals surface area contributed by atoms with Gasteiger partial charge in [-0.25, -0.2) is 0 Å². The molecule has 0 aliphatic heterocycles. The number of para-hydroxylation sites is 3. The van der Waals surface area contributed by atoms with Gasteiger partial charge in [0.2, 0.25) is 0 Å². The highest BCUT2D eigenvalue weighted by molar-refractivity contribution is 5.43. The Morgan fingerprint density at radius 1 is 0.833 bits per heavy atom. The molecule has 0 bridgehead atoms. The molecule has 0 amide bonds. The first-order valence-corrected chi connectivity index (χ1v) is 10.6. The van der Waals surface area contributed by atoms with Crippen molar-refractivity contribution in [1.82, 2.24) is 4.90 Å². The third-order valence-electron chi connectivity index (χ3n) is 5.70. The summed E-state index contributed by atoms with van der Waals surface area (Å²) in [5.74, 6) is 2.09. The Bertz CT molecular complexity index is 916. The van der Waals surface area contributed by atoms with Gasteiger partial charge >= 0.3 is 0 Å². The minimum atomic E-state index is -0.558. The summed E-state index contributed by atoms with van der Waals surface area (Å²) in [4.78, 5) is 2.24. The summed E-state index contributed by atoms with van der Waals surface area (Å²) >= 11 is 0. The summed E-state index contributed by atoms with van der Waals surface area (Å²) in [6, 6.07) is 27.8. The number of ether oxygens (including phenoxy) is 2. The summed E-state index contributed by atoms with van der Waals surface area (Å²) in [6.07, 6.45) is 2.00. The molecule has 0 saturated heterocycles. The fraction of sp³-hybridized carbons (Fsp3) is 0.308. The lowest BCUT2D eigenvalue weighted by atomic mass is 9.88. The molecule has 0 radical (unpaired) electrons. The molecule has 0 heterocycles. The monoisotopic (exact) mass is 403 g/mol. The van der Waals surface area contributed by atoms with Gasteiger partial charge in [-0.1, -0.05) is 60.7 Å². The highest BCUT2D eigenvalue weighted by Crippen LogP contribution is 2.35. The van der Waals surface area contributed by atoms with Crippen LogP contribution >= 0.6 is 0 Å². The molecule has 4 rings (SSSR count). The van der Waals surface area contributed by atoms with Crippen LogP contribution in [0.15, 0.2) is 84.9 Å². The molecule has 1 saturated carbocycles. The Hall–Kier alpha value is -2.82. The van der Waals surface area contributed by atoms with Crippen LogP contribution in [0.2, 0.25) is 0 Å². The zero-order valence-corrected chi connectivity index (χ0v) is 17.4. The standard InChI is InChI=1S/C26H29NO3/c1-27(19-20-11-4-2-5-12-20)22-15-10-18-25(26(22)28)30-24-17-9-8-16-23(24)29-21-13-6-3-7-14-21/h2-9,11-14,16-17,22,25-26,28H,10,15,18-19H2,1H3/t22-,25-,26-/m1/s1. The fourth-order valence-electron chi connectivity index (χ4n) is 4.13. The third-order valence-corrected chi connectivity index (χ3v) is 5.70. The maximum Gasteiger partial charge on any atom is 0.169 e. The first-order chi connectivity index (χ1) is 14.7. The molecule has 3 atom stereocenters. The molecule has 1 aliphatic carbocycles. The second-order valence-electron chi connectivity index (χ2n) is 7.91. The van der Waals surface area contributed by atoms with Crippen LogP contribution in [0.4, 0.5) is 0 Å². The largest absolute Gasteiger partial charge is 0.484 e. The van der Waals surface area contributed by atoms with E-state index >= 15 is 0 Å². The maximum atomic E-state index is 11.1. The van der Waals surface area contributed by atoms with Gasteiger partial charge in [0.15, 0.2) is 11.5 Å². The van der Waals surface area contributed by atoms with Crippen molar-refractivity contribution in [3.05, 3.63) is 90.5 Å². The SMILES string of the molecule is CN(Cc1ccccc1)[C@@H]1CCC[C@@H](Oc2ccccc2Oc2ccccc2)[C@@H]1O. The molecule has 0 spiro atoms. The average molecular weight is 404 g/mol. The van der Waals surface area contributed by atoms with Crippen LogP contribution in [-0.2, 0) is 6.54 Å². The quantitative estimate of drug-likeness (QED) is 0.583. The van der Waals surface area contributed by atoms with Crippen LogP contribution in [-0.4, -0.2) is 35.3 Å². The second-order valence-corrected chi connectivity index (χ2v) is 7.91. The van der Waals surface area contributed by atoms with E-state index in [4.69, 9.17) is 9.47 Å². The van der Waals surface area contributed by atoms with Crippen molar-refractivity contribution in [3.8, 4) is 17.2 Å². The molecule has 1 N–H and O–H groups in total. The number of aliphatic hydroxyl groups excluding tert-OH is 1. The van der Waals surface area contributed by atoms with Crippen molar-refractivity contribution in [2.75, 3.05) is 7.05 Å². The molecule has 1 fully saturated rings. The minimum Gasteiger partial charge on any atom is -0.484 e. The van der Waals surface area contributed by atoms with Gasteiger partial charge in [0, 0.05) is 12.6 Å². The van der Waals surface area contributed by atoms with Crippen LogP contribution in [0.1, 0.15) is 24.8 Å². The van der Waals surface area contributed by atoms with Gasteiger partial charge in [-0.15, -0.1) is 0 Å². The van der Waals surface area contributed by atoms with Crippen molar-refractivity contribution < 1.29 is 14.6 Å². The van der Waals surface area contributed by atoms with Crippen LogP contribution in [0.5, 0.6) is 17.2 Å². The van der Waals surface area contributed by atoms with Crippen LogP contribution in [0, 0.1) is 0 Å². The molecule has 4 heteroatoms. The molecule has 156 valence electrons. The number of benzene rings is 3. The first-order valence-electron chi connectivity index (χ1n) is 10.6. The molecular formula is C26H29NO3. The number of rotatable bonds is 7. The average Bonchev–Trinajstić information content (AvgIpc) is 2.78. The van der Waals surface area contributed by atoms with E-state index in [2.05, 4.69) is 36.2 Å². The van der Waals surface area contributed by atoms with Crippen molar-refractivity contribution in [1.29, 1.82) is 0 Å². The highest BCUT2D eigenvalue weighted by atomic mass is 16.5. The highest BCUT2D eigenvalue weighted by Gasteiger charge is 2.36. The van der Waals surface area contributed by atoms with Crippen molar-refractivity contribution in [3.63, 3.8) is 0 Å². The van der Waals surface area contributed by atoms with Crippen LogP contribution in [0.3, 0.4) is 0 Å². The fourth-order valence-corrected chi connectivity index (χ4v) is 4.13. The van der Waals surface area contributed by atoms with E-state index in [-0.39, 0.29) is 12.1 Å². The molecule has 1 aliphatic rings. The van der Waals surface area contributed by atoms with Crippen molar-refractivity contribution >= 4 is 0 Å². The topological polar surface area (TPSA) is 41.9 Å². The van der Waals surface area contributed by atoms with Gasteiger partial charge in [-0.05, 0) is 56.1 Å². The van der Waals surface area contributed by atoms with Gasteiger partial charge in [0.05, 0.1) is 0 Å². The lowest BCUT2D eigenvalue weighted by Crippen LogP contribution is -2.51. The van der Waals surface area contributed by atoms with E-state index in [0.717, 1.165) is 31.6 Å². The summed E-state index contributed by atoms with van der Waals surface area (Å²) < 4.78 is 12.3. The molecule has 30 heavy (non-hydrogen) atoms. The number of hydrogen-bond donors (Lipinski definition) is 1. The number of aliphatic hydroxyl groups is 1. The Balaban J connectivity index is 1.44.